The van der Waals surface area contributed by atoms with Crippen molar-refractivity contribution >= 4 is 29.4 Å². The van der Waals surface area contributed by atoms with Crippen LogP contribution in [0.1, 0.15) is 90.0 Å². The molecule has 9 heteroatoms. The van der Waals surface area contributed by atoms with Gasteiger partial charge in [0.1, 0.15) is 11.9 Å². The zero-order valence-corrected chi connectivity index (χ0v) is 22.6. The van der Waals surface area contributed by atoms with E-state index in [1.165, 1.54) is 6.42 Å². The lowest BCUT2D eigenvalue weighted by atomic mass is 9.76. The maximum absolute atomic E-state index is 13.4. The highest BCUT2D eigenvalue weighted by atomic mass is 16.5. The number of carbonyl (C=O) groups is 3. The molecule has 2 atom stereocenters. The van der Waals surface area contributed by atoms with Crippen molar-refractivity contribution < 1.29 is 19.1 Å². The number of anilines is 2. The van der Waals surface area contributed by atoms with Crippen LogP contribution in [0.4, 0.5) is 16.3 Å². The number of pyridine rings is 1. The maximum atomic E-state index is 13.4. The van der Waals surface area contributed by atoms with Crippen LogP contribution in [0.3, 0.4) is 0 Å². The molecule has 0 aromatic carbocycles. The molecule has 2 fully saturated rings. The van der Waals surface area contributed by atoms with Gasteiger partial charge >= 0.3 is 6.03 Å². The molecule has 0 bridgehead atoms. The molecule has 1 aliphatic carbocycles. The molecule has 3 aliphatic rings. The Morgan fingerprint density at radius 2 is 1.92 bits per heavy atom. The van der Waals surface area contributed by atoms with Crippen molar-refractivity contribution in [1.29, 1.82) is 0 Å². The predicted molar refractivity (Wildman–Crippen MR) is 143 cm³/mol. The van der Waals surface area contributed by atoms with E-state index in [4.69, 9.17) is 4.74 Å². The molecule has 0 radical (unpaired) electrons. The highest BCUT2D eigenvalue weighted by Crippen LogP contribution is 2.44. The lowest BCUT2D eigenvalue weighted by molar-refractivity contribution is -0.124. The minimum atomic E-state index is -0.663. The van der Waals surface area contributed by atoms with Gasteiger partial charge in [-0.2, -0.15) is 0 Å². The normalized spacial score (nSPS) is 20.6. The van der Waals surface area contributed by atoms with Crippen molar-refractivity contribution in [2.45, 2.75) is 102 Å². The molecule has 1 aromatic rings. The van der Waals surface area contributed by atoms with Crippen molar-refractivity contribution in [3.05, 3.63) is 17.8 Å². The highest BCUT2D eigenvalue weighted by molar-refractivity contribution is 6.07. The van der Waals surface area contributed by atoms with Gasteiger partial charge in [-0.15, -0.1) is 0 Å². The molecule has 1 aromatic heterocycles. The summed E-state index contributed by atoms with van der Waals surface area (Å²) in [6.45, 7) is 5.42. The molecule has 2 aliphatic heterocycles. The Hall–Kier alpha value is -2.68. The van der Waals surface area contributed by atoms with Gasteiger partial charge in [-0.05, 0) is 44.4 Å². The number of urea groups is 1. The smallest absolute Gasteiger partial charge is 0.318 e. The molecule has 3 N–H and O–H groups in total. The number of aromatic nitrogens is 1. The molecular weight excluding hydrogens is 470 g/mol. The second-order valence-electron chi connectivity index (χ2n) is 11.1. The maximum Gasteiger partial charge on any atom is 0.318 e. The largest absolute Gasteiger partial charge is 0.381 e. The zero-order valence-electron chi connectivity index (χ0n) is 22.6. The second-order valence-corrected chi connectivity index (χ2v) is 11.1. The summed E-state index contributed by atoms with van der Waals surface area (Å²) in [5, 5.41) is 8.88. The van der Waals surface area contributed by atoms with Gasteiger partial charge in [0.2, 0.25) is 11.8 Å². The number of amides is 4. The quantitative estimate of drug-likeness (QED) is 0.447. The number of fused-ring (bicyclic) bond motifs is 2. The van der Waals surface area contributed by atoms with Crippen LogP contribution >= 0.6 is 0 Å². The lowest BCUT2D eigenvalue weighted by Crippen LogP contribution is -2.51. The van der Waals surface area contributed by atoms with Crippen molar-refractivity contribution in [3.63, 3.8) is 0 Å². The SMILES string of the molecule is CCC[C@H](C)CC[C@H](NC(=O)N(C)C1CCCCC1)C(=O)Nc1cc2c(cn1)C1(CCOCC1)C(=O)N2. The van der Waals surface area contributed by atoms with Gasteiger partial charge in [0, 0.05) is 44.1 Å². The number of nitrogens with zero attached hydrogens (tertiary/aromatic N) is 2. The first-order valence-corrected chi connectivity index (χ1v) is 14.1. The molecule has 204 valence electrons. The van der Waals surface area contributed by atoms with Crippen LogP contribution in [-0.4, -0.2) is 60.1 Å². The molecule has 0 unspecified atom stereocenters. The molecule has 1 spiro atoms. The van der Waals surface area contributed by atoms with E-state index in [1.54, 1.807) is 17.2 Å². The van der Waals surface area contributed by atoms with Crippen LogP contribution in [0.5, 0.6) is 0 Å². The molecule has 37 heavy (non-hydrogen) atoms. The molecule has 3 heterocycles. The van der Waals surface area contributed by atoms with E-state index in [1.807, 2.05) is 7.05 Å². The van der Waals surface area contributed by atoms with E-state index in [2.05, 4.69) is 34.8 Å². The topological polar surface area (TPSA) is 113 Å². The fourth-order valence-electron chi connectivity index (χ4n) is 6.04. The lowest BCUT2D eigenvalue weighted by Gasteiger charge is -2.32. The Morgan fingerprint density at radius 1 is 1.19 bits per heavy atom. The van der Waals surface area contributed by atoms with Crippen LogP contribution in [0.25, 0.3) is 0 Å². The van der Waals surface area contributed by atoms with Crippen LogP contribution < -0.4 is 16.0 Å². The van der Waals surface area contributed by atoms with Crippen LogP contribution in [0.2, 0.25) is 0 Å². The summed E-state index contributed by atoms with van der Waals surface area (Å²) in [5.41, 5.74) is 0.955. The summed E-state index contributed by atoms with van der Waals surface area (Å²) in [6, 6.07) is 1.08. The van der Waals surface area contributed by atoms with Crippen LogP contribution in [-0.2, 0) is 19.7 Å². The van der Waals surface area contributed by atoms with E-state index in [-0.39, 0.29) is 23.9 Å². The number of hydrogen-bond donors (Lipinski definition) is 3. The van der Waals surface area contributed by atoms with Gasteiger partial charge in [0.05, 0.1) is 11.1 Å². The van der Waals surface area contributed by atoms with E-state index in [0.717, 1.165) is 50.5 Å². The Labute approximate surface area is 220 Å². The highest BCUT2D eigenvalue weighted by Gasteiger charge is 2.48. The average Bonchev–Trinajstić information content (AvgIpc) is 3.16. The first kappa shape index (κ1) is 27.4. The molecule has 1 saturated heterocycles. The summed E-state index contributed by atoms with van der Waals surface area (Å²) < 4.78 is 5.47. The molecule has 4 rings (SSSR count). The first-order chi connectivity index (χ1) is 17.8. The minimum Gasteiger partial charge on any atom is -0.381 e. The first-order valence-electron chi connectivity index (χ1n) is 14.1. The molecule has 1 saturated carbocycles. The third-order valence-corrected chi connectivity index (χ3v) is 8.49. The third kappa shape index (κ3) is 6.25. The van der Waals surface area contributed by atoms with Crippen molar-refractivity contribution in [1.82, 2.24) is 15.2 Å². The predicted octanol–water partition coefficient (Wildman–Crippen LogP) is 4.58. The van der Waals surface area contributed by atoms with Gasteiger partial charge in [-0.1, -0.05) is 46.0 Å². The fraction of sp³-hybridized carbons (Fsp3) is 0.714. The second kappa shape index (κ2) is 12.2. The summed E-state index contributed by atoms with van der Waals surface area (Å²) in [5.74, 6) is 0.524. The summed E-state index contributed by atoms with van der Waals surface area (Å²) in [4.78, 5) is 45.6. The Balaban J connectivity index is 1.45. The standard InChI is InChI=1S/C28H43N5O4/c1-4-8-19(2)11-12-22(31-27(36)33(3)20-9-6-5-7-10-20)25(34)32-24-17-23-21(18-29-24)28(26(35)30-23)13-15-37-16-14-28/h17-20,22H,4-16H2,1-3H3,(H,30,35)(H,31,36)(H,29,32,34)/t19-,22-/m0/s1. The van der Waals surface area contributed by atoms with Crippen molar-refractivity contribution in [2.75, 3.05) is 30.9 Å². The van der Waals surface area contributed by atoms with Gasteiger partial charge in [-0.25, -0.2) is 9.78 Å². The number of rotatable bonds is 9. The summed E-state index contributed by atoms with van der Waals surface area (Å²) >= 11 is 0. The average molecular weight is 514 g/mol. The van der Waals surface area contributed by atoms with Crippen LogP contribution in [0.15, 0.2) is 12.3 Å². The van der Waals surface area contributed by atoms with Crippen molar-refractivity contribution in [3.8, 4) is 0 Å². The van der Waals surface area contributed by atoms with E-state index >= 15 is 0 Å². The van der Waals surface area contributed by atoms with Gasteiger partial charge < -0.3 is 25.6 Å². The fourth-order valence-corrected chi connectivity index (χ4v) is 6.04. The van der Waals surface area contributed by atoms with Crippen molar-refractivity contribution in [2.24, 2.45) is 5.92 Å². The molecular formula is C28H43N5O4. The number of ether oxygens (including phenoxy) is 1. The number of carbonyl (C=O) groups excluding carboxylic acids is 3. The van der Waals surface area contributed by atoms with Gasteiger partial charge in [0.25, 0.3) is 0 Å². The van der Waals surface area contributed by atoms with Crippen LogP contribution in [0, 0.1) is 5.92 Å². The number of nitrogens with one attached hydrogen (secondary N) is 3. The van der Waals surface area contributed by atoms with Gasteiger partial charge in [0.15, 0.2) is 0 Å². The summed E-state index contributed by atoms with van der Waals surface area (Å²) in [6.07, 6.45) is 12.0. The Kier molecular flexibility index (Phi) is 9.05. The Bertz CT molecular complexity index is 971. The number of hydrogen-bond acceptors (Lipinski definition) is 5. The van der Waals surface area contributed by atoms with E-state index < -0.39 is 11.5 Å². The van der Waals surface area contributed by atoms with E-state index in [9.17, 15) is 14.4 Å². The minimum absolute atomic E-state index is 0.0307. The Morgan fingerprint density at radius 3 is 2.62 bits per heavy atom. The zero-order chi connectivity index (χ0) is 26.4. The molecule has 4 amide bonds. The molecule has 9 nitrogen and oxygen atoms in total. The summed E-state index contributed by atoms with van der Waals surface area (Å²) in [7, 11) is 1.83. The third-order valence-electron chi connectivity index (χ3n) is 8.49. The van der Waals surface area contributed by atoms with Gasteiger partial charge in [-0.3, -0.25) is 9.59 Å². The monoisotopic (exact) mass is 513 g/mol. The van der Waals surface area contributed by atoms with E-state index in [0.29, 0.717) is 49.9 Å².